The predicted octanol–water partition coefficient (Wildman–Crippen LogP) is 3.80. The summed E-state index contributed by atoms with van der Waals surface area (Å²) in [5, 5.41) is 8.40. The van der Waals surface area contributed by atoms with Crippen molar-refractivity contribution in [3.8, 4) is 11.8 Å². The van der Waals surface area contributed by atoms with Gasteiger partial charge in [0.05, 0.1) is 6.07 Å². The summed E-state index contributed by atoms with van der Waals surface area (Å²) in [6.07, 6.45) is -4.07. The van der Waals surface area contributed by atoms with Crippen molar-refractivity contribution < 1.29 is 17.9 Å². The van der Waals surface area contributed by atoms with Crippen molar-refractivity contribution in [1.82, 2.24) is 0 Å². The predicted molar refractivity (Wildman–Crippen MR) is 54.8 cm³/mol. The van der Waals surface area contributed by atoms with Gasteiger partial charge in [0.2, 0.25) is 0 Å². The number of aryl methyl sites for hydroxylation is 1. The molecule has 6 heteroatoms. The molecule has 0 aliphatic carbocycles. The van der Waals surface area contributed by atoms with E-state index in [9.17, 15) is 13.2 Å². The number of halogens is 4. The zero-order chi connectivity index (χ0) is 12.2. The quantitative estimate of drug-likeness (QED) is 0.849. The van der Waals surface area contributed by atoms with E-state index < -0.39 is 6.36 Å². The number of benzene rings is 1. The van der Waals surface area contributed by atoms with E-state index in [2.05, 4.69) is 20.7 Å². The topological polar surface area (TPSA) is 33.0 Å². The summed E-state index contributed by atoms with van der Waals surface area (Å²) in [4.78, 5) is 0. The standard InChI is InChI=1S/C10H7BrF3NO/c11-9-4-3-8(16-10(12,13)14)6-7(9)2-1-5-15/h3-4,6H,1-2H2. The highest BCUT2D eigenvalue weighted by molar-refractivity contribution is 9.10. The molecule has 86 valence electrons. The molecule has 0 unspecified atom stereocenters. The third kappa shape index (κ3) is 4.11. The Morgan fingerprint density at radius 2 is 2.06 bits per heavy atom. The summed E-state index contributed by atoms with van der Waals surface area (Å²) in [6, 6.07) is 5.88. The zero-order valence-electron chi connectivity index (χ0n) is 8.01. The second-order valence-electron chi connectivity index (χ2n) is 2.96. The molecular weight excluding hydrogens is 287 g/mol. The summed E-state index contributed by atoms with van der Waals surface area (Å²) in [5.41, 5.74) is 0.614. The Kier molecular flexibility index (Phi) is 4.19. The van der Waals surface area contributed by atoms with Crippen molar-refractivity contribution in [1.29, 1.82) is 5.26 Å². The molecule has 16 heavy (non-hydrogen) atoms. The molecule has 0 saturated heterocycles. The van der Waals surface area contributed by atoms with Crippen LogP contribution in [0.4, 0.5) is 13.2 Å². The minimum Gasteiger partial charge on any atom is -0.406 e. The molecule has 0 heterocycles. The Hall–Kier alpha value is -1.22. The van der Waals surface area contributed by atoms with E-state index in [-0.39, 0.29) is 12.2 Å². The molecule has 0 spiro atoms. The molecule has 0 atom stereocenters. The lowest BCUT2D eigenvalue weighted by atomic mass is 10.1. The van der Waals surface area contributed by atoms with Crippen LogP contribution in [0.3, 0.4) is 0 Å². The summed E-state index contributed by atoms with van der Waals surface area (Å²) in [5.74, 6) is -0.274. The first-order valence-electron chi connectivity index (χ1n) is 4.33. The molecule has 0 aromatic heterocycles. The van der Waals surface area contributed by atoms with E-state index in [0.717, 1.165) is 0 Å². The normalized spacial score (nSPS) is 10.9. The molecule has 0 bridgehead atoms. The SMILES string of the molecule is N#CCCc1cc(OC(F)(F)F)ccc1Br. The van der Waals surface area contributed by atoms with E-state index >= 15 is 0 Å². The summed E-state index contributed by atoms with van der Waals surface area (Å²) in [6.45, 7) is 0. The smallest absolute Gasteiger partial charge is 0.406 e. The van der Waals surface area contributed by atoms with E-state index in [4.69, 9.17) is 5.26 Å². The molecule has 0 aliphatic rings. The lowest BCUT2D eigenvalue weighted by Crippen LogP contribution is -2.17. The number of alkyl halides is 3. The van der Waals surface area contributed by atoms with Crippen molar-refractivity contribution in [2.24, 2.45) is 0 Å². The third-order valence-electron chi connectivity index (χ3n) is 1.76. The summed E-state index contributed by atoms with van der Waals surface area (Å²) < 4.78 is 40.3. The van der Waals surface area contributed by atoms with Crippen LogP contribution in [-0.4, -0.2) is 6.36 Å². The van der Waals surface area contributed by atoms with Gasteiger partial charge in [-0.3, -0.25) is 0 Å². The van der Waals surface area contributed by atoms with Crippen molar-refractivity contribution in [3.63, 3.8) is 0 Å². The van der Waals surface area contributed by atoms with Crippen LogP contribution in [0.1, 0.15) is 12.0 Å². The number of hydrogen-bond donors (Lipinski definition) is 0. The van der Waals surface area contributed by atoms with Gasteiger partial charge in [-0.15, -0.1) is 13.2 Å². The van der Waals surface area contributed by atoms with E-state index in [1.54, 1.807) is 0 Å². The van der Waals surface area contributed by atoms with E-state index in [0.29, 0.717) is 16.5 Å². The van der Waals surface area contributed by atoms with Crippen LogP contribution in [0.25, 0.3) is 0 Å². The molecule has 2 nitrogen and oxygen atoms in total. The highest BCUT2D eigenvalue weighted by Gasteiger charge is 2.31. The van der Waals surface area contributed by atoms with Crippen molar-refractivity contribution in [2.45, 2.75) is 19.2 Å². The highest BCUT2D eigenvalue weighted by atomic mass is 79.9. The first-order valence-corrected chi connectivity index (χ1v) is 5.13. The molecule has 0 aliphatic heterocycles. The van der Waals surface area contributed by atoms with Gasteiger partial charge >= 0.3 is 6.36 Å². The Bertz CT molecular complexity index is 412. The minimum absolute atomic E-state index is 0.244. The number of hydrogen-bond acceptors (Lipinski definition) is 2. The fourth-order valence-electron chi connectivity index (χ4n) is 1.13. The van der Waals surface area contributed by atoms with E-state index in [1.165, 1.54) is 18.2 Å². The number of nitrogens with zero attached hydrogens (tertiary/aromatic N) is 1. The average molecular weight is 294 g/mol. The maximum atomic E-state index is 11.9. The van der Waals surface area contributed by atoms with Crippen molar-refractivity contribution in [2.75, 3.05) is 0 Å². The third-order valence-corrected chi connectivity index (χ3v) is 2.53. The second-order valence-corrected chi connectivity index (χ2v) is 3.81. The lowest BCUT2D eigenvalue weighted by molar-refractivity contribution is -0.274. The van der Waals surface area contributed by atoms with Gasteiger partial charge in [-0.05, 0) is 30.2 Å². The zero-order valence-corrected chi connectivity index (χ0v) is 9.60. The van der Waals surface area contributed by atoms with Crippen LogP contribution in [0, 0.1) is 11.3 Å². The Labute approximate surface area is 98.8 Å². The molecule has 0 saturated carbocycles. The Balaban J connectivity index is 2.86. The van der Waals surface area contributed by atoms with Gasteiger partial charge in [-0.25, -0.2) is 0 Å². The lowest BCUT2D eigenvalue weighted by Gasteiger charge is -2.10. The van der Waals surface area contributed by atoms with Crippen molar-refractivity contribution >= 4 is 15.9 Å². The molecular formula is C10H7BrF3NO. The van der Waals surface area contributed by atoms with Gasteiger partial charge in [0.15, 0.2) is 0 Å². The van der Waals surface area contributed by atoms with Gasteiger partial charge in [0, 0.05) is 10.9 Å². The first-order chi connectivity index (χ1) is 7.42. The van der Waals surface area contributed by atoms with Crippen LogP contribution in [0.2, 0.25) is 0 Å². The molecule has 1 aromatic carbocycles. The maximum absolute atomic E-state index is 11.9. The monoisotopic (exact) mass is 293 g/mol. The fraction of sp³-hybridized carbons (Fsp3) is 0.300. The van der Waals surface area contributed by atoms with Crippen LogP contribution >= 0.6 is 15.9 Å². The van der Waals surface area contributed by atoms with Gasteiger partial charge in [-0.2, -0.15) is 5.26 Å². The minimum atomic E-state index is -4.69. The molecule has 0 N–H and O–H groups in total. The molecule has 0 fully saturated rings. The maximum Gasteiger partial charge on any atom is 0.573 e. The largest absolute Gasteiger partial charge is 0.573 e. The van der Waals surface area contributed by atoms with Gasteiger partial charge in [0.1, 0.15) is 5.75 Å². The van der Waals surface area contributed by atoms with Crippen LogP contribution in [0.5, 0.6) is 5.75 Å². The molecule has 0 amide bonds. The Morgan fingerprint density at radius 1 is 1.38 bits per heavy atom. The number of ether oxygens (including phenoxy) is 1. The van der Waals surface area contributed by atoms with Crippen LogP contribution < -0.4 is 4.74 Å². The van der Waals surface area contributed by atoms with Gasteiger partial charge < -0.3 is 4.74 Å². The number of rotatable bonds is 3. The molecule has 1 aromatic rings. The second kappa shape index (κ2) is 5.21. The van der Waals surface area contributed by atoms with Crippen LogP contribution in [-0.2, 0) is 6.42 Å². The highest BCUT2D eigenvalue weighted by Crippen LogP contribution is 2.27. The fourth-order valence-corrected chi connectivity index (χ4v) is 1.58. The number of nitriles is 1. The molecule has 1 rings (SSSR count). The first kappa shape index (κ1) is 12.8. The summed E-state index contributed by atoms with van der Waals surface area (Å²) >= 11 is 3.19. The van der Waals surface area contributed by atoms with E-state index in [1.807, 2.05) is 6.07 Å². The Morgan fingerprint density at radius 3 is 2.62 bits per heavy atom. The average Bonchev–Trinajstić information content (AvgIpc) is 2.17. The van der Waals surface area contributed by atoms with Gasteiger partial charge in [0.25, 0.3) is 0 Å². The van der Waals surface area contributed by atoms with Gasteiger partial charge in [-0.1, -0.05) is 15.9 Å². The molecule has 0 radical (unpaired) electrons. The van der Waals surface area contributed by atoms with Crippen LogP contribution in [0.15, 0.2) is 22.7 Å². The van der Waals surface area contributed by atoms with Crippen molar-refractivity contribution in [3.05, 3.63) is 28.2 Å². The summed E-state index contributed by atoms with van der Waals surface area (Å²) in [7, 11) is 0.